The Labute approximate surface area is 139 Å². The standard InChI is InChI=1S/C16H20N4O2S/c1-10(2)11(3)19-20-16-18-15(22)13(23-16)9-14(21)17-12-7-5-4-6-8-12/h4-8,10,13H,9H2,1-3H3,(H,17,21)(H,18,20,22)/b19-11-/t13-/m0/s1. The van der Waals surface area contributed by atoms with Gasteiger partial charge in [-0.2, -0.15) is 5.10 Å². The van der Waals surface area contributed by atoms with Gasteiger partial charge in [0.2, 0.25) is 11.8 Å². The number of amides is 2. The predicted molar refractivity (Wildman–Crippen MR) is 94.6 cm³/mol. The van der Waals surface area contributed by atoms with Crippen molar-refractivity contribution < 1.29 is 9.59 Å². The third-order valence-corrected chi connectivity index (χ3v) is 4.41. The van der Waals surface area contributed by atoms with Crippen LogP contribution in [0.15, 0.2) is 40.5 Å². The van der Waals surface area contributed by atoms with E-state index in [9.17, 15) is 9.59 Å². The van der Waals surface area contributed by atoms with Gasteiger partial charge in [0.05, 0.1) is 0 Å². The Kier molecular flexibility index (Phi) is 5.92. The lowest BCUT2D eigenvalue weighted by molar-refractivity contribution is -0.122. The fraction of sp³-hybridized carbons (Fsp3) is 0.375. The second-order valence-corrected chi connectivity index (χ2v) is 6.71. The van der Waals surface area contributed by atoms with E-state index < -0.39 is 5.25 Å². The van der Waals surface area contributed by atoms with Crippen molar-refractivity contribution in [3.63, 3.8) is 0 Å². The summed E-state index contributed by atoms with van der Waals surface area (Å²) in [7, 11) is 0. The average molecular weight is 332 g/mol. The molecule has 2 N–H and O–H groups in total. The summed E-state index contributed by atoms with van der Waals surface area (Å²) in [6, 6.07) is 9.16. The van der Waals surface area contributed by atoms with Gasteiger partial charge >= 0.3 is 0 Å². The Hall–Kier alpha value is -2.15. The van der Waals surface area contributed by atoms with Crippen LogP contribution in [0.2, 0.25) is 0 Å². The molecule has 0 bridgehead atoms. The first-order chi connectivity index (χ1) is 11.0. The summed E-state index contributed by atoms with van der Waals surface area (Å²) in [6.45, 7) is 5.94. The minimum atomic E-state index is -0.480. The molecule has 0 saturated carbocycles. The van der Waals surface area contributed by atoms with Gasteiger partial charge in [-0.25, -0.2) is 0 Å². The largest absolute Gasteiger partial charge is 0.326 e. The topological polar surface area (TPSA) is 82.9 Å². The molecular weight excluding hydrogens is 312 g/mol. The molecule has 0 unspecified atom stereocenters. The molecule has 1 aliphatic heterocycles. The Morgan fingerprint density at radius 1 is 1.35 bits per heavy atom. The van der Waals surface area contributed by atoms with Gasteiger partial charge in [0.1, 0.15) is 5.25 Å². The minimum absolute atomic E-state index is 0.0945. The Bertz CT molecular complexity index is 641. The van der Waals surface area contributed by atoms with Gasteiger partial charge < -0.3 is 10.6 Å². The third kappa shape index (κ3) is 5.21. The van der Waals surface area contributed by atoms with Crippen molar-refractivity contribution in [1.29, 1.82) is 0 Å². The maximum absolute atomic E-state index is 12.0. The second kappa shape index (κ2) is 7.92. The molecule has 6 nitrogen and oxygen atoms in total. The van der Waals surface area contributed by atoms with Gasteiger partial charge in [0.15, 0.2) is 5.17 Å². The number of nitrogens with one attached hydrogen (secondary N) is 2. The quantitative estimate of drug-likeness (QED) is 0.642. The summed E-state index contributed by atoms with van der Waals surface area (Å²) < 4.78 is 0. The van der Waals surface area contributed by atoms with Crippen molar-refractivity contribution in [1.82, 2.24) is 5.32 Å². The summed E-state index contributed by atoms with van der Waals surface area (Å²) in [5.74, 6) is -0.116. The van der Waals surface area contributed by atoms with E-state index in [-0.39, 0.29) is 18.2 Å². The van der Waals surface area contributed by atoms with Crippen molar-refractivity contribution in [2.24, 2.45) is 16.1 Å². The van der Waals surface area contributed by atoms with Crippen LogP contribution in [-0.2, 0) is 9.59 Å². The molecule has 7 heteroatoms. The molecule has 0 aromatic heterocycles. The van der Waals surface area contributed by atoms with Crippen molar-refractivity contribution in [2.75, 3.05) is 5.32 Å². The first-order valence-corrected chi connectivity index (χ1v) is 8.28. The predicted octanol–water partition coefficient (Wildman–Crippen LogP) is 2.63. The summed E-state index contributed by atoms with van der Waals surface area (Å²) in [4.78, 5) is 23.9. The van der Waals surface area contributed by atoms with E-state index in [2.05, 4.69) is 20.8 Å². The van der Waals surface area contributed by atoms with Crippen LogP contribution >= 0.6 is 11.8 Å². The third-order valence-electron chi connectivity index (χ3n) is 3.34. The van der Waals surface area contributed by atoms with Crippen LogP contribution in [-0.4, -0.2) is 27.9 Å². The highest BCUT2D eigenvalue weighted by atomic mass is 32.2. The molecule has 0 spiro atoms. The van der Waals surface area contributed by atoms with Crippen LogP contribution in [0.4, 0.5) is 5.69 Å². The van der Waals surface area contributed by atoms with E-state index in [0.29, 0.717) is 16.8 Å². The highest BCUT2D eigenvalue weighted by Gasteiger charge is 2.32. The number of hydrogen-bond donors (Lipinski definition) is 2. The fourth-order valence-electron chi connectivity index (χ4n) is 1.73. The molecular formula is C16H20N4O2S. The van der Waals surface area contributed by atoms with E-state index >= 15 is 0 Å². The Morgan fingerprint density at radius 3 is 2.70 bits per heavy atom. The fourth-order valence-corrected chi connectivity index (χ4v) is 2.65. The summed E-state index contributed by atoms with van der Waals surface area (Å²) in [5, 5.41) is 13.5. The van der Waals surface area contributed by atoms with Crippen LogP contribution < -0.4 is 10.6 Å². The molecule has 1 saturated heterocycles. The lowest BCUT2D eigenvalue weighted by Gasteiger charge is -2.06. The summed E-state index contributed by atoms with van der Waals surface area (Å²) in [5.41, 5.74) is 1.60. The van der Waals surface area contributed by atoms with Crippen molar-refractivity contribution in [2.45, 2.75) is 32.4 Å². The van der Waals surface area contributed by atoms with E-state index in [0.717, 1.165) is 5.71 Å². The van der Waals surface area contributed by atoms with Gasteiger partial charge in [0.25, 0.3) is 0 Å². The van der Waals surface area contributed by atoms with Gasteiger partial charge in [-0.1, -0.05) is 43.8 Å². The molecule has 122 valence electrons. The molecule has 0 aliphatic carbocycles. The first kappa shape index (κ1) is 17.2. The van der Waals surface area contributed by atoms with E-state index in [1.54, 1.807) is 12.1 Å². The maximum atomic E-state index is 12.0. The zero-order chi connectivity index (χ0) is 16.8. The smallest absolute Gasteiger partial charge is 0.240 e. The van der Waals surface area contributed by atoms with Crippen LogP contribution in [0.5, 0.6) is 0 Å². The van der Waals surface area contributed by atoms with E-state index in [4.69, 9.17) is 0 Å². The van der Waals surface area contributed by atoms with Crippen molar-refractivity contribution >= 4 is 40.1 Å². The minimum Gasteiger partial charge on any atom is -0.326 e. The number of rotatable bonds is 5. The van der Waals surface area contributed by atoms with E-state index in [1.165, 1.54) is 11.8 Å². The molecule has 2 amide bonds. The second-order valence-electron chi connectivity index (χ2n) is 5.52. The number of hydrogen-bond acceptors (Lipinski definition) is 5. The molecule has 1 fully saturated rings. The molecule has 1 atom stereocenters. The van der Waals surface area contributed by atoms with Gasteiger partial charge in [-0.3, -0.25) is 9.59 Å². The van der Waals surface area contributed by atoms with Crippen LogP contribution in [0.3, 0.4) is 0 Å². The highest BCUT2D eigenvalue weighted by molar-refractivity contribution is 8.15. The summed E-state index contributed by atoms with van der Waals surface area (Å²) >= 11 is 1.23. The maximum Gasteiger partial charge on any atom is 0.240 e. The lowest BCUT2D eigenvalue weighted by Crippen LogP contribution is -2.28. The van der Waals surface area contributed by atoms with Crippen molar-refractivity contribution in [3.8, 4) is 0 Å². The van der Waals surface area contributed by atoms with Gasteiger partial charge in [-0.15, -0.1) is 5.10 Å². The first-order valence-electron chi connectivity index (χ1n) is 7.40. The zero-order valence-corrected chi connectivity index (χ0v) is 14.2. The molecule has 1 heterocycles. The average Bonchev–Trinajstić information content (AvgIpc) is 2.85. The monoisotopic (exact) mass is 332 g/mol. The number of amidine groups is 1. The van der Waals surface area contributed by atoms with Gasteiger partial charge in [-0.05, 0) is 25.0 Å². The van der Waals surface area contributed by atoms with Crippen LogP contribution in [0.1, 0.15) is 27.2 Å². The molecule has 1 aromatic carbocycles. The zero-order valence-electron chi connectivity index (χ0n) is 13.4. The number of carbonyl (C=O) groups excluding carboxylic acids is 2. The van der Waals surface area contributed by atoms with Crippen LogP contribution in [0.25, 0.3) is 0 Å². The van der Waals surface area contributed by atoms with Crippen molar-refractivity contribution in [3.05, 3.63) is 30.3 Å². The number of para-hydroxylation sites is 1. The number of anilines is 1. The van der Waals surface area contributed by atoms with E-state index in [1.807, 2.05) is 39.0 Å². The van der Waals surface area contributed by atoms with Crippen LogP contribution in [0, 0.1) is 5.92 Å². The number of carbonyl (C=O) groups is 2. The SMILES string of the molecule is C/C(=N/N=C1\NC(=O)[C@H](CC(=O)Nc2ccccc2)S1)C(C)C. The van der Waals surface area contributed by atoms with Gasteiger partial charge in [0, 0.05) is 17.8 Å². The number of thioether (sulfide) groups is 1. The normalized spacial score (nSPS) is 20.0. The molecule has 1 aliphatic rings. The molecule has 2 rings (SSSR count). The summed E-state index contributed by atoms with van der Waals surface area (Å²) in [6.07, 6.45) is 0.0945. The highest BCUT2D eigenvalue weighted by Crippen LogP contribution is 2.23. The molecule has 0 radical (unpaired) electrons. The lowest BCUT2D eigenvalue weighted by atomic mass is 10.1. The number of benzene rings is 1. The Balaban J connectivity index is 1.92. The molecule has 1 aromatic rings. The Morgan fingerprint density at radius 2 is 2.04 bits per heavy atom. The number of nitrogens with zero attached hydrogens (tertiary/aromatic N) is 2. The molecule has 23 heavy (non-hydrogen) atoms.